The van der Waals surface area contributed by atoms with E-state index in [0.717, 1.165) is 40.7 Å². The standard InChI is InChI=1S/C28H26FN3O3S/c1-16-12-20(36(33)32-27-10-11-35-31-27)7-8-21(16)28(30)24-13-17(2)22(15-26(24)34-3)19-6-9-25(29)23(14-19)18-4-5-18/h6-15,18,30H,4-5H2,1-3H3,(H,31,32). The van der Waals surface area contributed by atoms with E-state index in [1.54, 1.807) is 37.4 Å². The van der Waals surface area contributed by atoms with E-state index in [2.05, 4.69) is 9.88 Å². The Labute approximate surface area is 211 Å². The molecule has 0 amide bonds. The van der Waals surface area contributed by atoms with Crippen LogP contribution in [0.2, 0.25) is 0 Å². The van der Waals surface area contributed by atoms with Gasteiger partial charge >= 0.3 is 0 Å². The molecule has 184 valence electrons. The molecule has 6 nitrogen and oxygen atoms in total. The number of rotatable bonds is 8. The lowest BCUT2D eigenvalue weighted by atomic mass is 9.91. The fraction of sp³-hybridized carbons (Fsp3) is 0.214. The Hall–Kier alpha value is -3.78. The van der Waals surface area contributed by atoms with Crippen molar-refractivity contribution in [2.75, 3.05) is 11.8 Å². The summed E-state index contributed by atoms with van der Waals surface area (Å²) in [7, 11) is 0.0633. The first kappa shape index (κ1) is 23.9. The van der Waals surface area contributed by atoms with Gasteiger partial charge in [-0.1, -0.05) is 17.3 Å². The summed E-state index contributed by atoms with van der Waals surface area (Å²) in [5.74, 6) is 1.11. The molecule has 1 heterocycles. The van der Waals surface area contributed by atoms with E-state index in [-0.39, 0.29) is 5.82 Å². The van der Waals surface area contributed by atoms with Crippen molar-refractivity contribution in [3.05, 3.63) is 94.5 Å². The Morgan fingerprint density at radius 2 is 1.89 bits per heavy atom. The molecule has 4 aromatic rings. The molecule has 1 unspecified atom stereocenters. The number of aromatic nitrogens is 1. The number of benzene rings is 3. The number of aryl methyl sites for hydroxylation is 2. The fourth-order valence-corrected chi connectivity index (χ4v) is 5.27. The minimum absolute atomic E-state index is 0.152. The molecule has 3 aromatic carbocycles. The van der Waals surface area contributed by atoms with Crippen LogP contribution in [-0.4, -0.2) is 22.2 Å². The molecule has 0 bridgehead atoms. The van der Waals surface area contributed by atoms with E-state index in [0.29, 0.717) is 39.2 Å². The molecule has 0 aliphatic heterocycles. The van der Waals surface area contributed by atoms with Gasteiger partial charge in [-0.3, -0.25) is 10.1 Å². The van der Waals surface area contributed by atoms with Crippen LogP contribution in [0, 0.1) is 25.1 Å². The van der Waals surface area contributed by atoms with Crippen molar-refractivity contribution in [2.24, 2.45) is 0 Å². The zero-order valence-electron chi connectivity index (χ0n) is 20.2. The summed E-state index contributed by atoms with van der Waals surface area (Å²) in [4.78, 5) is 0.563. The average Bonchev–Trinajstić information content (AvgIpc) is 3.59. The third-order valence-corrected chi connectivity index (χ3v) is 7.53. The molecule has 0 saturated heterocycles. The monoisotopic (exact) mass is 503 g/mol. The van der Waals surface area contributed by atoms with Gasteiger partial charge in [-0.15, -0.1) is 0 Å². The number of ether oxygens (including phenoxy) is 1. The van der Waals surface area contributed by atoms with Crippen LogP contribution >= 0.6 is 0 Å². The Kier molecular flexibility index (Phi) is 6.45. The first-order chi connectivity index (χ1) is 17.4. The maximum Gasteiger partial charge on any atom is 0.181 e. The zero-order chi connectivity index (χ0) is 25.4. The van der Waals surface area contributed by atoms with Crippen LogP contribution in [0.25, 0.3) is 11.1 Å². The molecular formula is C28H26FN3O3S. The highest BCUT2D eigenvalue weighted by atomic mass is 32.2. The second kappa shape index (κ2) is 9.70. The molecule has 36 heavy (non-hydrogen) atoms. The number of anilines is 1. The first-order valence-corrected chi connectivity index (χ1v) is 12.8. The van der Waals surface area contributed by atoms with E-state index >= 15 is 0 Å². The predicted molar refractivity (Wildman–Crippen MR) is 139 cm³/mol. The molecule has 1 saturated carbocycles. The molecule has 0 spiro atoms. The average molecular weight is 504 g/mol. The van der Waals surface area contributed by atoms with Crippen molar-refractivity contribution in [3.8, 4) is 16.9 Å². The summed E-state index contributed by atoms with van der Waals surface area (Å²) in [6, 6.07) is 16.0. The smallest absolute Gasteiger partial charge is 0.181 e. The first-order valence-electron chi connectivity index (χ1n) is 11.6. The zero-order valence-corrected chi connectivity index (χ0v) is 21.0. The summed E-state index contributed by atoms with van der Waals surface area (Å²) >= 11 is 0. The number of nitrogens with zero attached hydrogens (tertiary/aromatic N) is 1. The summed E-state index contributed by atoms with van der Waals surface area (Å²) in [6.07, 6.45) is 3.46. The summed E-state index contributed by atoms with van der Waals surface area (Å²) in [5, 5.41) is 12.7. The largest absolute Gasteiger partial charge is 0.496 e. The van der Waals surface area contributed by atoms with Gasteiger partial charge in [0.2, 0.25) is 0 Å². The van der Waals surface area contributed by atoms with Gasteiger partial charge in [0.1, 0.15) is 17.8 Å². The maximum absolute atomic E-state index is 14.3. The number of halogens is 1. The highest BCUT2D eigenvalue weighted by Gasteiger charge is 2.27. The molecule has 1 aromatic heterocycles. The van der Waals surface area contributed by atoms with Gasteiger partial charge in [0, 0.05) is 17.2 Å². The second-order valence-corrected chi connectivity index (χ2v) is 10.2. The van der Waals surface area contributed by atoms with Crippen LogP contribution < -0.4 is 9.46 Å². The van der Waals surface area contributed by atoms with Gasteiger partial charge in [0.05, 0.1) is 17.7 Å². The van der Waals surface area contributed by atoms with Gasteiger partial charge in [0.15, 0.2) is 16.8 Å². The summed E-state index contributed by atoms with van der Waals surface area (Å²) in [5.41, 5.74) is 6.11. The normalized spacial score (nSPS) is 13.9. The SMILES string of the molecule is COc1cc(-c2ccc(F)c(C3CC3)c2)c(C)cc1C(=N)c1ccc(S(=O)Nc2ccon2)cc1C. The topological polar surface area (TPSA) is 88.2 Å². The van der Waals surface area contributed by atoms with Gasteiger partial charge in [-0.2, -0.15) is 0 Å². The van der Waals surface area contributed by atoms with E-state index in [1.165, 1.54) is 12.3 Å². The quantitative estimate of drug-likeness (QED) is 0.268. The number of hydrogen-bond donors (Lipinski definition) is 2. The van der Waals surface area contributed by atoms with Crippen LogP contribution in [0.4, 0.5) is 10.2 Å². The second-order valence-electron chi connectivity index (χ2n) is 8.99. The summed E-state index contributed by atoms with van der Waals surface area (Å²) < 4.78 is 40.2. The predicted octanol–water partition coefficient (Wildman–Crippen LogP) is 6.53. The van der Waals surface area contributed by atoms with E-state index < -0.39 is 11.0 Å². The van der Waals surface area contributed by atoms with Crippen molar-refractivity contribution >= 4 is 22.5 Å². The minimum atomic E-state index is -1.52. The Balaban J connectivity index is 1.45. The molecule has 0 radical (unpaired) electrons. The Morgan fingerprint density at radius 1 is 1.08 bits per heavy atom. The number of nitrogens with one attached hydrogen (secondary N) is 2. The van der Waals surface area contributed by atoms with Crippen LogP contribution in [0.1, 0.15) is 46.6 Å². The van der Waals surface area contributed by atoms with Crippen LogP contribution in [0.3, 0.4) is 0 Å². The summed E-state index contributed by atoms with van der Waals surface area (Å²) in [6.45, 7) is 3.87. The van der Waals surface area contributed by atoms with Crippen LogP contribution in [-0.2, 0) is 11.0 Å². The molecule has 1 aliphatic carbocycles. The molecule has 1 atom stereocenters. The molecular weight excluding hydrogens is 477 g/mol. The van der Waals surface area contributed by atoms with E-state index in [9.17, 15) is 8.60 Å². The molecule has 1 fully saturated rings. The van der Waals surface area contributed by atoms with E-state index in [4.69, 9.17) is 14.7 Å². The highest BCUT2D eigenvalue weighted by Crippen LogP contribution is 2.43. The fourth-order valence-electron chi connectivity index (χ4n) is 4.38. The lowest BCUT2D eigenvalue weighted by Gasteiger charge is -2.17. The third kappa shape index (κ3) is 4.68. The third-order valence-electron chi connectivity index (χ3n) is 6.46. The number of methoxy groups -OCH3 is 1. The van der Waals surface area contributed by atoms with Crippen LogP contribution in [0.5, 0.6) is 5.75 Å². The highest BCUT2D eigenvalue weighted by molar-refractivity contribution is 7.86. The Morgan fingerprint density at radius 3 is 2.56 bits per heavy atom. The number of hydrogen-bond acceptors (Lipinski definition) is 5. The van der Waals surface area contributed by atoms with Crippen LogP contribution in [0.15, 0.2) is 70.3 Å². The van der Waals surface area contributed by atoms with E-state index in [1.807, 2.05) is 32.0 Å². The maximum atomic E-state index is 14.3. The van der Waals surface area contributed by atoms with Gasteiger partial charge in [-0.25, -0.2) is 8.60 Å². The lowest BCUT2D eigenvalue weighted by Crippen LogP contribution is -2.09. The van der Waals surface area contributed by atoms with Crippen molar-refractivity contribution in [1.29, 1.82) is 5.41 Å². The minimum Gasteiger partial charge on any atom is -0.496 e. The Bertz CT molecular complexity index is 1480. The molecule has 1 aliphatic rings. The van der Waals surface area contributed by atoms with Gasteiger partial charge < -0.3 is 9.26 Å². The molecule has 2 N–H and O–H groups in total. The lowest BCUT2D eigenvalue weighted by molar-refractivity contribution is 0.414. The molecule has 8 heteroatoms. The van der Waals surface area contributed by atoms with Crippen molar-refractivity contribution in [3.63, 3.8) is 0 Å². The van der Waals surface area contributed by atoms with Crippen molar-refractivity contribution in [2.45, 2.75) is 37.5 Å². The van der Waals surface area contributed by atoms with Gasteiger partial charge in [-0.05, 0) is 96.8 Å². The van der Waals surface area contributed by atoms with Gasteiger partial charge in [0.25, 0.3) is 0 Å². The molecule has 5 rings (SSSR count). The van der Waals surface area contributed by atoms with Crippen molar-refractivity contribution < 1.29 is 17.9 Å². The van der Waals surface area contributed by atoms with Crippen molar-refractivity contribution in [1.82, 2.24) is 5.16 Å².